The number of anilines is 1. The minimum Gasteiger partial charge on any atom is -0.400 e. The van der Waals surface area contributed by atoms with Crippen LogP contribution >= 0.6 is 24.0 Å². The number of aliphatic hydroxyl groups excluding tert-OH is 1. The SMILES string of the molecule is CO.Cl.NN=CN1CCC(c2cc(NS(=O)(=O)c3ccccc3Cl)cc(C(F)(F)F)c2)CC1. The Kier molecular flexibility index (Phi) is 10.8. The summed E-state index contributed by atoms with van der Waals surface area (Å²) in [4.78, 5) is 1.67. The van der Waals surface area contributed by atoms with Crippen LogP contribution in [0, 0.1) is 0 Å². The summed E-state index contributed by atoms with van der Waals surface area (Å²) < 4.78 is 68.0. The molecule has 13 heteroatoms. The second-order valence-electron chi connectivity index (χ2n) is 6.95. The normalized spacial score (nSPS) is 14.9. The first kappa shape index (κ1) is 28.8. The number of hydrogen-bond donors (Lipinski definition) is 3. The lowest BCUT2D eigenvalue weighted by atomic mass is 9.88. The molecule has 0 saturated carbocycles. The number of rotatable bonds is 5. The van der Waals surface area contributed by atoms with Crippen molar-refractivity contribution in [2.24, 2.45) is 10.9 Å². The Morgan fingerprint density at radius 1 is 1.18 bits per heavy atom. The average Bonchev–Trinajstić information content (AvgIpc) is 2.75. The molecule has 7 nitrogen and oxygen atoms in total. The smallest absolute Gasteiger partial charge is 0.400 e. The van der Waals surface area contributed by atoms with Gasteiger partial charge in [0.05, 0.1) is 10.6 Å². The third-order valence-electron chi connectivity index (χ3n) is 4.89. The molecule has 2 aromatic rings. The zero-order valence-electron chi connectivity index (χ0n) is 17.6. The first-order valence-electron chi connectivity index (χ1n) is 9.52. The van der Waals surface area contributed by atoms with Gasteiger partial charge in [-0.15, -0.1) is 12.4 Å². The zero-order chi connectivity index (χ0) is 23.9. The number of likely N-dealkylation sites (tertiary alicyclic amines) is 1. The van der Waals surface area contributed by atoms with E-state index in [-0.39, 0.29) is 33.9 Å². The molecule has 0 aromatic heterocycles. The Morgan fingerprint density at radius 3 is 2.33 bits per heavy atom. The van der Waals surface area contributed by atoms with Gasteiger partial charge in [-0.25, -0.2) is 8.42 Å². The Morgan fingerprint density at radius 2 is 1.79 bits per heavy atom. The van der Waals surface area contributed by atoms with E-state index in [1.807, 2.05) is 4.90 Å². The van der Waals surface area contributed by atoms with Crippen LogP contribution in [0.4, 0.5) is 18.9 Å². The van der Waals surface area contributed by atoms with E-state index >= 15 is 0 Å². The van der Waals surface area contributed by atoms with Crippen LogP contribution in [0.25, 0.3) is 0 Å². The topological polar surface area (TPSA) is 108 Å². The van der Waals surface area contributed by atoms with Crippen LogP contribution in [-0.4, -0.2) is 45.0 Å². The highest BCUT2D eigenvalue weighted by molar-refractivity contribution is 7.92. The predicted octanol–water partition coefficient (Wildman–Crippen LogP) is 4.27. The number of aliphatic hydroxyl groups is 1. The number of nitrogens with one attached hydrogen (secondary N) is 1. The highest BCUT2D eigenvalue weighted by atomic mass is 35.5. The van der Waals surface area contributed by atoms with Gasteiger partial charge in [0.1, 0.15) is 11.2 Å². The number of alkyl halides is 3. The van der Waals surface area contributed by atoms with Crippen LogP contribution in [0.15, 0.2) is 52.5 Å². The number of piperidine rings is 1. The van der Waals surface area contributed by atoms with Crippen LogP contribution in [0.2, 0.25) is 5.02 Å². The van der Waals surface area contributed by atoms with Crippen molar-refractivity contribution in [3.63, 3.8) is 0 Å². The van der Waals surface area contributed by atoms with Crippen molar-refractivity contribution in [3.05, 3.63) is 58.6 Å². The van der Waals surface area contributed by atoms with Crippen LogP contribution in [0.1, 0.15) is 29.9 Å². The van der Waals surface area contributed by atoms with Crippen LogP contribution < -0.4 is 10.6 Å². The Bertz CT molecular complexity index is 1050. The summed E-state index contributed by atoms with van der Waals surface area (Å²) in [7, 11) is -3.16. The fourth-order valence-electron chi connectivity index (χ4n) is 3.43. The summed E-state index contributed by atoms with van der Waals surface area (Å²) in [5.41, 5.74) is -0.653. The molecule has 0 spiro atoms. The van der Waals surface area contributed by atoms with Crippen molar-refractivity contribution < 1.29 is 26.7 Å². The molecule has 1 saturated heterocycles. The van der Waals surface area contributed by atoms with Gasteiger partial charge in [0.2, 0.25) is 0 Å². The molecule has 2 aromatic carbocycles. The summed E-state index contributed by atoms with van der Waals surface area (Å²) >= 11 is 5.95. The highest BCUT2D eigenvalue weighted by Gasteiger charge is 2.33. The summed E-state index contributed by atoms with van der Waals surface area (Å²) in [6.07, 6.45) is -1.95. The third-order valence-corrected chi connectivity index (χ3v) is 6.77. The minimum atomic E-state index is -4.62. The predicted molar refractivity (Wildman–Crippen MR) is 125 cm³/mol. The van der Waals surface area contributed by atoms with E-state index in [1.54, 1.807) is 6.07 Å². The van der Waals surface area contributed by atoms with Gasteiger partial charge in [-0.1, -0.05) is 23.7 Å². The summed E-state index contributed by atoms with van der Waals surface area (Å²) in [5, 5.41) is 10.4. The van der Waals surface area contributed by atoms with Gasteiger partial charge in [0.15, 0.2) is 0 Å². The van der Waals surface area contributed by atoms with E-state index < -0.39 is 21.8 Å². The number of halogens is 5. The van der Waals surface area contributed by atoms with Gasteiger partial charge >= 0.3 is 6.18 Å². The van der Waals surface area contributed by atoms with Crippen molar-refractivity contribution in [1.29, 1.82) is 0 Å². The lowest BCUT2D eigenvalue weighted by Gasteiger charge is -2.31. The molecule has 184 valence electrons. The largest absolute Gasteiger partial charge is 0.416 e. The maximum atomic E-state index is 13.5. The van der Waals surface area contributed by atoms with E-state index in [1.165, 1.54) is 30.6 Å². The van der Waals surface area contributed by atoms with Crippen molar-refractivity contribution in [2.75, 3.05) is 24.9 Å². The van der Waals surface area contributed by atoms with Crippen molar-refractivity contribution >= 4 is 46.1 Å². The first-order valence-corrected chi connectivity index (χ1v) is 11.4. The maximum absolute atomic E-state index is 13.5. The molecule has 33 heavy (non-hydrogen) atoms. The first-order chi connectivity index (χ1) is 15.1. The zero-order valence-corrected chi connectivity index (χ0v) is 20.0. The molecule has 1 heterocycles. The molecule has 1 fully saturated rings. The number of sulfonamides is 1. The van der Waals surface area contributed by atoms with Gasteiger partial charge in [-0.3, -0.25) is 4.72 Å². The van der Waals surface area contributed by atoms with E-state index in [0.29, 0.717) is 31.5 Å². The van der Waals surface area contributed by atoms with E-state index in [2.05, 4.69) is 9.82 Å². The molecule has 0 radical (unpaired) electrons. The second-order valence-corrected chi connectivity index (χ2v) is 9.01. The molecule has 0 atom stereocenters. The van der Waals surface area contributed by atoms with Gasteiger partial charge in [-0.2, -0.15) is 18.3 Å². The fourth-order valence-corrected chi connectivity index (χ4v) is 4.99. The molecule has 4 N–H and O–H groups in total. The lowest BCUT2D eigenvalue weighted by Crippen LogP contribution is -2.32. The fraction of sp³-hybridized carbons (Fsp3) is 0.350. The van der Waals surface area contributed by atoms with E-state index in [9.17, 15) is 21.6 Å². The number of nitrogens with zero attached hydrogens (tertiary/aromatic N) is 2. The summed E-state index contributed by atoms with van der Waals surface area (Å²) in [5.74, 6) is 4.98. The van der Waals surface area contributed by atoms with E-state index in [0.717, 1.165) is 19.2 Å². The average molecular weight is 529 g/mol. The second kappa shape index (κ2) is 12.3. The molecule has 1 aliphatic heterocycles. The Labute approximate surface area is 201 Å². The number of hydrogen-bond acceptors (Lipinski definition) is 5. The highest BCUT2D eigenvalue weighted by Crippen LogP contribution is 2.37. The van der Waals surface area contributed by atoms with Crippen molar-refractivity contribution in [3.8, 4) is 0 Å². The van der Waals surface area contributed by atoms with Gasteiger partial charge < -0.3 is 15.8 Å². The van der Waals surface area contributed by atoms with Gasteiger partial charge in [-0.05, 0) is 54.7 Å². The monoisotopic (exact) mass is 528 g/mol. The molecule has 0 bridgehead atoms. The molecule has 0 amide bonds. The van der Waals surface area contributed by atoms with Crippen molar-refractivity contribution in [1.82, 2.24) is 4.90 Å². The van der Waals surface area contributed by atoms with E-state index in [4.69, 9.17) is 22.6 Å². The minimum absolute atomic E-state index is 0. The number of hydrazone groups is 1. The molecule has 0 unspecified atom stereocenters. The number of benzene rings is 2. The van der Waals surface area contributed by atoms with Crippen LogP contribution in [-0.2, 0) is 16.2 Å². The lowest BCUT2D eigenvalue weighted by molar-refractivity contribution is -0.137. The van der Waals surface area contributed by atoms with Crippen molar-refractivity contribution in [2.45, 2.75) is 29.8 Å². The molecule has 3 rings (SSSR count). The summed E-state index contributed by atoms with van der Waals surface area (Å²) in [6.45, 7) is 1.17. The van der Waals surface area contributed by atoms with Gasteiger partial charge in [0.25, 0.3) is 10.0 Å². The maximum Gasteiger partial charge on any atom is 0.416 e. The molecule has 0 aliphatic carbocycles. The molecule has 1 aliphatic rings. The molecular formula is C20H25Cl2F3N4O3S. The van der Waals surface area contributed by atoms with Crippen LogP contribution in [0.3, 0.4) is 0 Å². The quantitative estimate of drug-likeness (QED) is 0.232. The summed E-state index contributed by atoms with van der Waals surface area (Å²) in [6, 6.07) is 9.03. The Balaban J connectivity index is 0.00000177. The Hall–Kier alpha value is -2.21. The molecular weight excluding hydrogens is 504 g/mol. The standard InChI is InChI=1S/C19H20ClF3N4O2S.CH4O.ClH/c20-17-3-1-2-4-18(17)30(28,29)26-16-10-14(9-15(11-16)19(21,22)23)13-5-7-27(8-6-13)12-25-24;1-2;/h1-4,9-13,26H,5-8,24H2;2H,1H3;1H. The third kappa shape index (κ3) is 7.66. The van der Waals surface area contributed by atoms with Gasteiger partial charge in [0, 0.05) is 25.9 Å². The number of nitrogens with two attached hydrogens (primary N) is 1. The van der Waals surface area contributed by atoms with Crippen LogP contribution in [0.5, 0.6) is 0 Å².